The lowest BCUT2D eigenvalue weighted by Gasteiger charge is -2.31. The number of carbonyl (C=O) groups is 1. The van der Waals surface area contributed by atoms with Gasteiger partial charge in [0.1, 0.15) is 5.75 Å². The molecule has 0 saturated carbocycles. The summed E-state index contributed by atoms with van der Waals surface area (Å²) in [5, 5.41) is 14.4. The molecule has 0 bridgehead atoms. The molecule has 3 aromatic rings. The zero-order chi connectivity index (χ0) is 28.6. The van der Waals surface area contributed by atoms with Crippen molar-refractivity contribution in [1.29, 1.82) is 0 Å². The number of aliphatic hydroxyl groups excluding tert-OH is 1. The van der Waals surface area contributed by atoms with Crippen LogP contribution in [-0.2, 0) is 27.7 Å². The number of sulfonamides is 1. The molecular weight excluding hydrogens is 512 g/mol. The number of nitrogens with zero attached hydrogens (tertiary/aromatic N) is 1. The molecular formula is C31H40N2O5S. The number of nitrogens with one attached hydrogen (secondary N) is 1. The highest BCUT2D eigenvalue weighted by Crippen LogP contribution is 2.22. The van der Waals surface area contributed by atoms with Crippen molar-refractivity contribution < 1.29 is 23.1 Å². The monoisotopic (exact) mass is 552 g/mol. The standard InChI is InChI=1S/C31H40N2O5S/c1-22(2)20-33(39(36,37)27-16-14-26(38-5)15-17-27)21-30(34)29(18-25-12-7-6-8-13-25)32-31(35)19-28-23(3)10-9-11-24(28)4/h6-17,22,29-30,34H,18-21H2,1-5H3,(H,32,35)/t29-,30+/m0/s1. The first-order chi connectivity index (χ1) is 18.5. The molecule has 1 amide bonds. The molecule has 0 heterocycles. The fourth-order valence-corrected chi connectivity index (χ4v) is 6.23. The van der Waals surface area contributed by atoms with E-state index in [4.69, 9.17) is 4.74 Å². The van der Waals surface area contributed by atoms with Crippen molar-refractivity contribution in [3.05, 3.63) is 95.1 Å². The molecule has 0 aliphatic rings. The lowest BCUT2D eigenvalue weighted by Crippen LogP contribution is -2.51. The number of hydrogen-bond donors (Lipinski definition) is 2. The average Bonchev–Trinajstić information content (AvgIpc) is 2.90. The van der Waals surface area contributed by atoms with Gasteiger partial charge < -0.3 is 15.2 Å². The van der Waals surface area contributed by atoms with Crippen LogP contribution in [0.25, 0.3) is 0 Å². The number of hydrogen-bond acceptors (Lipinski definition) is 5. The first-order valence-corrected chi connectivity index (χ1v) is 14.7. The molecule has 2 atom stereocenters. The maximum atomic E-state index is 13.6. The van der Waals surface area contributed by atoms with Crippen LogP contribution >= 0.6 is 0 Å². The number of carbonyl (C=O) groups excluding carboxylic acids is 1. The van der Waals surface area contributed by atoms with Gasteiger partial charge in [-0.05, 0) is 72.7 Å². The van der Waals surface area contributed by atoms with Gasteiger partial charge in [-0.2, -0.15) is 4.31 Å². The number of benzene rings is 3. The second kappa shape index (κ2) is 13.7. The molecule has 39 heavy (non-hydrogen) atoms. The van der Waals surface area contributed by atoms with Crippen molar-refractivity contribution in [3.63, 3.8) is 0 Å². The lowest BCUT2D eigenvalue weighted by molar-refractivity contribution is -0.122. The average molecular weight is 553 g/mol. The fourth-order valence-electron chi connectivity index (χ4n) is 4.61. The van der Waals surface area contributed by atoms with E-state index in [-0.39, 0.29) is 36.2 Å². The van der Waals surface area contributed by atoms with E-state index in [0.717, 1.165) is 22.3 Å². The zero-order valence-electron chi connectivity index (χ0n) is 23.4. The summed E-state index contributed by atoms with van der Waals surface area (Å²) < 4.78 is 33.7. The minimum atomic E-state index is -3.91. The van der Waals surface area contributed by atoms with E-state index in [1.54, 1.807) is 12.1 Å². The normalized spacial score (nSPS) is 13.3. The molecule has 0 unspecified atom stereocenters. The fraction of sp³-hybridized carbons (Fsp3) is 0.387. The SMILES string of the molecule is COc1ccc(S(=O)(=O)N(CC(C)C)C[C@@H](O)[C@H](Cc2ccccc2)NC(=O)Cc2c(C)cccc2C)cc1. The van der Waals surface area contributed by atoms with Crippen LogP contribution in [0.3, 0.4) is 0 Å². The third-order valence-electron chi connectivity index (χ3n) is 6.75. The minimum Gasteiger partial charge on any atom is -0.497 e. The maximum absolute atomic E-state index is 13.6. The minimum absolute atomic E-state index is 0.0245. The van der Waals surface area contributed by atoms with Gasteiger partial charge in [0.05, 0.1) is 30.6 Å². The topological polar surface area (TPSA) is 95.9 Å². The third-order valence-corrected chi connectivity index (χ3v) is 8.59. The zero-order valence-corrected chi connectivity index (χ0v) is 24.2. The molecule has 0 aliphatic heterocycles. The van der Waals surface area contributed by atoms with E-state index in [1.807, 2.05) is 76.2 Å². The van der Waals surface area contributed by atoms with Crippen molar-refractivity contribution in [3.8, 4) is 5.75 Å². The second-order valence-electron chi connectivity index (χ2n) is 10.4. The molecule has 2 N–H and O–H groups in total. The van der Waals surface area contributed by atoms with Crippen molar-refractivity contribution in [1.82, 2.24) is 9.62 Å². The molecule has 3 aromatic carbocycles. The van der Waals surface area contributed by atoms with Gasteiger partial charge in [0.2, 0.25) is 15.9 Å². The number of methoxy groups -OCH3 is 1. The van der Waals surface area contributed by atoms with Crippen LogP contribution in [0.2, 0.25) is 0 Å². The molecule has 0 aliphatic carbocycles. The first-order valence-electron chi connectivity index (χ1n) is 13.2. The Balaban J connectivity index is 1.86. The van der Waals surface area contributed by atoms with Gasteiger partial charge in [-0.15, -0.1) is 0 Å². The number of aryl methyl sites for hydroxylation is 2. The molecule has 0 spiro atoms. The summed E-state index contributed by atoms with van der Waals surface area (Å²) in [5.41, 5.74) is 3.94. The van der Waals surface area contributed by atoms with E-state index >= 15 is 0 Å². The Kier molecular flexibility index (Phi) is 10.7. The van der Waals surface area contributed by atoms with Crippen molar-refractivity contribution >= 4 is 15.9 Å². The summed E-state index contributed by atoms with van der Waals surface area (Å²) in [6.07, 6.45) is -0.603. The van der Waals surface area contributed by atoms with Crippen LogP contribution in [0.1, 0.15) is 36.1 Å². The van der Waals surface area contributed by atoms with E-state index in [0.29, 0.717) is 12.2 Å². The summed E-state index contributed by atoms with van der Waals surface area (Å²) >= 11 is 0. The Morgan fingerprint density at radius 1 is 0.923 bits per heavy atom. The van der Waals surface area contributed by atoms with Crippen LogP contribution in [0, 0.1) is 19.8 Å². The quantitative estimate of drug-likeness (QED) is 0.330. The number of amides is 1. The molecule has 0 radical (unpaired) electrons. The Labute approximate surface area is 232 Å². The second-order valence-corrected chi connectivity index (χ2v) is 12.3. The van der Waals surface area contributed by atoms with Crippen molar-refractivity contribution in [2.24, 2.45) is 5.92 Å². The summed E-state index contributed by atoms with van der Waals surface area (Å²) in [6, 6.07) is 21.0. The highest BCUT2D eigenvalue weighted by molar-refractivity contribution is 7.89. The van der Waals surface area contributed by atoms with Gasteiger partial charge >= 0.3 is 0 Å². The largest absolute Gasteiger partial charge is 0.497 e. The Morgan fingerprint density at radius 2 is 1.54 bits per heavy atom. The predicted molar refractivity (Wildman–Crippen MR) is 154 cm³/mol. The summed E-state index contributed by atoms with van der Waals surface area (Å²) in [6.45, 7) is 7.86. The van der Waals surface area contributed by atoms with Gasteiger partial charge in [0.25, 0.3) is 0 Å². The molecule has 8 heteroatoms. The predicted octanol–water partition coefficient (Wildman–Crippen LogP) is 4.29. The Morgan fingerprint density at radius 3 is 2.10 bits per heavy atom. The molecule has 3 rings (SSSR count). The lowest BCUT2D eigenvalue weighted by atomic mass is 9.98. The molecule has 7 nitrogen and oxygen atoms in total. The third kappa shape index (κ3) is 8.39. The van der Waals surface area contributed by atoms with Crippen LogP contribution in [-0.4, -0.2) is 56.1 Å². The van der Waals surface area contributed by atoms with Crippen LogP contribution in [0.4, 0.5) is 0 Å². The highest BCUT2D eigenvalue weighted by atomic mass is 32.2. The summed E-state index contributed by atoms with van der Waals surface area (Å²) in [5.74, 6) is 0.358. The van der Waals surface area contributed by atoms with Gasteiger partial charge in [0.15, 0.2) is 0 Å². The Hall–Kier alpha value is -3.20. The van der Waals surface area contributed by atoms with Gasteiger partial charge in [-0.1, -0.05) is 62.4 Å². The van der Waals surface area contributed by atoms with Crippen LogP contribution < -0.4 is 10.1 Å². The van der Waals surface area contributed by atoms with E-state index < -0.39 is 22.2 Å². The smallest absolute Gasteiger partial charge is 0.243 e. The van der Waals surface area contributed by atoms with Gasteiger partial charge in [-0.3, -0.25) is 4.79 Å². The summed E-state index contributed by atoms with van der Waals surface area (Å²) in [4.78, 5) is 13.3. The Bertz CT molecular complexity index is 1300. The molecule has 0 aromatic heterocycles. The van der Waals surface area contributed by atoms with E-state index in [9.17, 15) is 18.3 Å². The first kappa shape index (κ1) is 30.3. The molecule has 0 saturated heterocycles. The van der Waals surface area contributed by atoms with Gasteiger partial charge in [-0.25, -0.2) is 8.42 Å². The van der Waals surface area contributed by atoms with E-state index in [1.165, 1.54) is 23.5 Å². The van der Waals surface area contributed by atoms with E-state index in [2.05, 4.69) is 5.32 Å². The number of ether oxygens (including phenoxy) is 1. The number of rotatable bonds is 13. The molecule has 210 valence electrons. The molecule has 0 fully saturated rings. The number of aliphatic hydroxyl groups is 1. The highest BCUT2D eigenvalue weighted by Gasteiger charge is 2.31. The van der Waals surface area contributed by atoms with Crippen LogP contribution in [0.5, 0.6) is 5.75 Å². The van der Waals surface area contributed by atoms with Gasteiger partial charge in [0, 0.05) is 13.1 Å². The van der Waals surface area contributed by atoms with Crippen molar-refractivity contribution in [2.45, 2.75) is 57.6 Å². The van der Waals surface area contributed by atoms with Crippen molar-refractivity contribution in [2.75, 3.05) is 20.2 Å². The maximum Gasteiger partial charge on any atom is 0.243 e. The van der Waals surface area contributed by atoms with Crippen LogP contribution in [0.15, 0.2) is 77.7 Å². The summed E-state index contributed by atoms with van der Waals surface area (Å²) in [7, 11) is -2.39.